The molecule has 2 heterocycles. The molecule has 1 fully saturated rings. The first-order valence-electron chi connectivity index (χ1n) is 7.12. The summed E-state index contributed by atoms with van der Waals surface area (Å²) >= 11 is 0. The molecule has 2 rings (SSSR count). The summed E-state index contributed by atoms with van der Waals surface area (Å²) in [5.41, 5.74) is 0. The quantitative estimate of drug-likeness (QED) is 0.828. The molecule has 1 aromatic heterocycles. The minimum Gasteiger partial charge on any atom is -0.464 e. The first-order valence-corrected chi connectivity index (χ1v) is 7.12. The van der Waals surface area contributed by atoms with Gasteiger partial charge in [-0.15, -0.1) is 0 Å². The standard InChI is InChI=1S/C13H24N6O/c1-5-20-13-16-11(14-2)15-12(17-13)19(4)9-10-7-6-8-18(10)3/h10H,5-9H2,1-4H3,(H,14,15,16,17). The van der Waals surface area contributed by atoms with Crippen molar-refractivity contribution in [3.63, 3.8) is 0 Å². The third-order valence-corrected chi connectivity index (χ3v) is 3.60. The number of likely N-dealkylation sites (tertiary alicyclic amines) is 1. The zero-order chi connectivity index (χ0) is 14.5. The molecule has 1 aliphatic rings. The Morgan fingerprint density at radius 2 is 2.20 bits per heavy atom. The molecule has 1 saturated heterocycles. The van der Waals surface area contributed by atoms with Crippen LogP contribution in [0.1, 0.15) is 19.8 Å². The zero-order valence-electron chi connectivity index (χ0n) is 12.8. The van der Waals surface area contributed by atoms with Gasteiger partial charge in [0.2, 0.25) is 11.9 Å². The van der Waals surface area contributed by atoms with E-state index in [0.29, 0.717) is 30.6 Å². The Morgan fingerprint density at radius 1 is 1.40 bits per heavy atom. The Hall–Kier alpha value is -1.63. The van der Waals surface area contributed by atoms with Gasteiger partial charge in [0.1, 0.15) is 0 Å². The van der Waals surface area contributed by atoms with E-state index < -0.39 is 0 Å². The number of hydrogen-bond donors (Lipinski definition) is 1. The van der Waals surface area contributed by atoms with E-state index >= 15 is 0 Å². The molecule has 1 unspecified atom stereocenters. The molecule has 0 saturated carbocycles. The van der Waals surface area contributed by atoms with Gasteiger partial charge in [-0.3, -0.25) is 0 Å². The Bertz CT molecular complexity index is 441. The second-order valence-corrected chi connectivity index (χ2v) is 5.08. The van der Waals surface area contributed by atoms with Gasteiger partial charge in [0, 0.05) is 26.7 Å². The predicted molar refractivity (Wildman–Crippen MR) is 79.5 cm³/mol. The summed E-state index contributed by atoms with van der Waals surface area (Å²) in [5.74, 6) is 1.18. The molecule has 112 valence electrons. The van der Waals surface area contributed by atoms with Gasteiger partial charge >= 0.3 is 6.01 Å². The van der Waals surface area contributed by atoms with Crippen LogP contribution in [-0.2, 0) is 0 Å². The predicted octanol–water partition coefficient (Wildman–Crippen LogP) is 0.842. The molecule has 0 aromatic carbocycles. The van der Waals surface area contributed by atoms with E-state index in [1.54, 1.807) is 7.05 Å². The van der Waals surface area contributed by atoms with Crippen molar-refractivity contribution in [2.75, 3.05) is 51.1 Å². The number of aromatic nitrogens is 3. The minimum atomic E-state index is 0.369. The van der Waals surface area contributed by atoms with E-state index in [1.807, 2.05) is 14.0 Å². The minimum absolute atomic E-state index is 0.369. The number of likely N-dealkylation sites (N-methyl/N-ethyl adjacent to an activating group) is 2. The summed E-state index contributed by atoms with van der Waals surface area (Å²) in [6, 6.07) is 0.929. The van der Waals surface area contributed by atoms with Crippen molar-refractivity contribution in [2.45, 2.75) is 25.8 Å². The molecular formula is C13H24N6O. The number of ether oxygens (including phenoxy) is 1. The summed E-state index contributed by atoms with van der Waals surface area (Å²) < 4.78 is 5.39. The molecular weight excluding hydrogens is 256 g/mol. The molecule has 0 bridgehead atoms. The SMILES string of the molecule is CCOc1nc(NC)nc(N(C)CC2CCCN2C)n1. The van der Waals surface area contributed by atoms with E-state index in [2.05, 4.69) is 37.1 Å². The maximum absolute atomic E-state index is 5.39. The largest absolute Gasteiger partial charge is 0.464 e. The van der Waals surface area contributed by atoms with Gasteiger partial charge in [0.15, 0.2) is 0 Å². The fourth-order valence-corrected chi connectivity index (χ4v) is 2.43. The third-order valence-electron chi connectivity index (χ3n) is 3.60. The van der Waals surface area contributed by atoms with Crippen LogP contribution in [-0.4, -0.2) is 66.7 Å². The Morgan fingerprint density at radius 3 is 2.80 bits per heavy atom. The van der Waals surface area contributed by atoms with E-state index in [0.717, 1.165) is 6.54 Å². The summed E-state index contributed by atoms with van der Waals surface area (Å²) in [4.78, 5) is 17.4. The first kappa shape index (κ1) is 14.8. The first-order chi connectivity index (χ1) is 9.63. The lowest BCUT2D eigenvalue weighted by molar-refractivity contribution is 0.307. The van der Waals surface area contributed by atoms with Gasteiger partial charge in [-0.25, -0.2) is 0 Å². The van der Waals surface area contributed by atoms with Crippen molar-refractivity contribution in [3.05, 3.63) is 0 Å². The van der Waals surface area contributed by atoms with Crippen LogP contribution < -0.4 is 15.0 Å². The number of nitrogens with one attached hydrogen (secondary N) is 1. The smallest absolute Gasteiger partial charge is 0.323 e. The van der Waals surface area contributed by atoms with Crippen molar-refractivity contribution in [1.29, 1.82) is 0 Å². The van der Waals surface area contributed by atoms with Crippen molar-refractivity contribution in [2.24, 2.45) is 0 Å². The van der Waals surface area contributed by atoms with E-state index in [9.17, 15) is 0 Å². The molecule has 1 N–H and O–H groups in total. The van der Waals surface area contributed by atoms with E-state index in [1.165, 1.54) is 19.4 Å². The maximum atomic E-state index is 5.39. The summed E-state index contributed by atoms with van der Waals surface area (Å²) in [6.07, 6.45) is 2.49. The highest BCUT2D eigenvalue weighted by atomic mass is 16.5. The van der Waals surface area contributed by atoms with Gasteiger partial charge < -0.3 is 19.9 Å². The average molecular weight is 280 g/mol. The highest BCUT2D eigenvalue weighted by Gasteiger charge is 2.23. The van der Waals surface area contributed by atoms with Crippen LogP contribution in [0.2, 0.25) is 0 Å². The Labute approximate surface area is 120 Å². The lowest BCUT2D eigenvalue weighted by atomic mass is 10.2. The molecule has 0 amide bonds. The number of anilines is 2. The fourth-order valence-electron chi connectivity index (χ4n) is 2.43. The van der Waals surface area contributed by atoms with Crippen LogP contribution in [0.5, 0.6) is 6.01 Å². The topological polar surface area (TPSA) is 66.4 Å². The van der Waals surface area contributed by atoms with Crippen LogP contribution in [0.15, 0.2) is 0 Å². The molecule has 0 aliphatic carbocycles. The van der Waals surface area contributed by atoms with Gasteiger partial charge in [-0.1, -0.05) is 0 Å². The molecule has 1 aromatic rings. The molecule has 1 aliphatic heterocycles. The van der Waals surface area contributed by atoms with Crippen molar-refractivity contribution < 1.29 is 4.74 Å². The molecule has 1 atom stereocenters. The molecule has 7 nitrogen and oxygen atoms in total. The molecule has 0 radical (unpaired) electrons. The maximum Gasteiger partial charge on any atom is 0.323 e. The van der Waals surface area contributed by atoms with E-state index in [4.69, 9.17) is 4.74 Å². The van der Waals surface area contributed by atoms with Crippen molar-refractivity contribution in [1.82, 2.24) is 19.9 Å². The summed E-state index contributed by atoms with van der Waals surface area (Å²) in [6.45, 7) is 4.54. The molecule has 7 heteroatoms. The van der Waals surface area contributed by atoms with Crippen LogP contribution in [0, 0.1) is 0 Å². The van der Waals surface area contributed by atoms with Gasteiger partial charge in [-0.2, -0.15) is 15.0 Å². The van der Waals surface area contributed by atoms with Crippen molar-refractivity contribution in [3.8, 4) is 6.01 Å². The van der Waals surface area contributed by atoms with Gasteiger partial charge in [0.25, 0.3) is 0 Å². The van der Waals surface area contributed by atoms with Gasteiger partial charge in [-0.05, 0) is 33.4 Å². The highest BCUT2D eigenvalue weighted by Crippen LogP contribution is 2.19. The van der Waals surface area contributed by atoms with Crippen LogP contribution in [0.4, 0.5) is 11.9 Å². The number of hydrogen-bond acceptors (Lipinski definition) is 7. The van der Waals surface area contributed by atoms with Crippen molar-refractivity contribution >= 4 is 11.9 Å². The average Bonchev–Trinajstić information content (AvgIpc) is 2.84. The second kappa shape index (κ2) is 6.69. The third kappa shape index (κ3) is 3.47. The fraction of sp³-hybridized carbons (Fsp3) is 0.769. The lowest BCUT2D eigenvalue weighted by Gasteiger charge is -2.26. The van der Waals surface area contributed by atoms with E-state index in [-0.39, 0.29) is 0 Å². The molecule has 20 heavy (non-hydrogen) atoms. The normalized spacial score (nSPS) is 19.1. The molecule has 0 spiro atoms. The monoisotopic (exact) mass is 280 g/mol. The number of rotatable bonds is 6. The van der Waals surface area contributed by atoms with Crippen LogP contribution in [0.3, 0.4) is 0 Å². The highest BCUT2D eigenvalue weighted by molar-refractivity contribution is 5.37. The van der Waals surface area contributed by atoms with Crippen LogP contribution >= 0.6 is 0 Å². The Balaban J connectivity index is 2.11. The Kier molecular flexibility index (Phi) is 4.94. The summed E-state index contributed by atoms with van der Waals surface area (Å²) in [5, 5.41) is 2.94. The zero-order valence-corrected chi connectivity index (χ0v) is 12.8. The van der Waals surface area contributed by atoms with Crippen LogP contribution in [0.25, 0.3) is 0 Å². The second-order valence-electron chi connectivity index (χ2n) is 5.08. The summed E-state index contributed by atoms with van der Waals surface area (Å²) in [7, 11) is 5.97. The van der Waals surface area contributed by atoms with Gasteiger partial charge in [0.05, 0.1) is 6.61 Å². The lowest BCUT2D eigenvalue weighted by Crippen LogP contribution is -2.37. The number of nitrogens with zero attached hydrogens (tertiary/aromatic N) is 5.